The van der Waals surface area contributed by atoms with Gasteiger partial charge in [-0.15, -0.1) is 0 Å². The molecule has 70 valence electrons. The first-order valence-corrected chi connectivity index (χ1v) is 4.41. The van der Waals surface area contributed by atoms with E-state index in [1.165, 1.54) is 0 Å². The number of hydrogen-bond donors (Lipinski definition) is 2. The monoisotopic (exact) mass is 197 g/mol. The molecule has 13 heavy (non-hydrogen) atoms. The molecule has 0 heterocycles. The van der Waals surface area contributed by atoms with Gasteiger partial charge in [-0.1, -0.05) is 23.8 Å². The first-order chi connectivity index (χ1) is 6.24. The van der Waals surface area contributed by atoms with Crippen molar-refractivity contribution in [1.29, 1.82) is 0 Å². The van der Waals surface area contributed by atoms with E-state index in [1.54, 1.807) is 18.2 Å². The lowest BCUT2D eigenvalue weighted by Crippen LogP contribution is -2.03. The van der Waals surface area contributed by atoms with Crippen molar-refractivity contribution in [2.75, 3.05) is 13.6 Å². The Kier molecular flexibility index (Phi) is 3.80. The molecule has 0 bridgehead atoms. The third-order valence-electron chi connectivity index (χ3n) is 1.61. The molecule has 0 unspecified atom stereocenters. The van der Waals surface area contributed by atoms with Crippen LogP contribution >= 0.6 is 11.6 Å². The lowest BCUT2D eigenvalue weighted by Gasteiger charge is -1.98. The fraction of sp³-hybridized carbons (Fsp3) is 0.200. The topological polar surface area (TPSA) is 32.3 Å². The van der Waals surface area contributed by atoms with Crippen LogP contribution in [0.4, 0.5) is 0 Å². The SMILES string of the molecule is CNCC=Cc1cc(Cl)ccc1O. The van der Waals surface area contributed by atoms with Crippen molar-refractivity contribution < 1.29 is 5.11 Å². The summed E-state index contributed by atoms with van der Waals surface area (Å²) in [4.78, 5) is 0. The molecule has 2 N–H and O–H groups in total. The van der Waals surface area contributed by atoms with Crippen LogP contribution in [0.2, 0.25) is 5.02 Å². The molecule has 0 fully saturated rings. The lowest BCUT2D eigenvalue weighted by molar-refractivity contribution is 0.474. The maximum Gasteiger partial charge on any atom is 0.122 e. The number of phenols is 1. The van der Waals surface area contributed by atoms with E-state index in [0.717, 1.165) is 12.1 Å². The maximum absolute atomic E-state index is 9.40. The van der Waals surface area contributed by atoms with Crippen LogP contribution in [0.5, 0.6) is 5.75 Å². The van der Waals surface area contributed by atoms with Gasteiger partial charge in [-0.3, -0.25) is 0 Å². The first kappa shape index (κ1) is 10.1. The number of rotatable bonds is 3. The number of nitrogens with one attached hydrogen (secondary N) is 1. The fourth-order valence-electron chi connectivity index (χ4n) is 0.963. The molecule has 0 amide bonds. The molecule has 0 aromatic heterocycles. The summed E-state index contributed by atoms with van der Waals surface area (Å²) in [6, 6.07) is 4.97. The molecule has 0 radical (unpaired) electrons. The number of benzene rings is 1. The van der Waals surface area contributed by atoms with Crippen LogP contribution < -0.4 is 5.32 Å². The molecular weight excluding hydrogens is 186 g/mol. The molecule has 0 aliphatic rings. The van der Waals surface area contributed by atoms with E-state index < -0.39 is 0 Å². The van der Waals surface area contributed by atoms with Crippen molar-refractivity contribution in [3.63, 3.8) is 0 Å². The molecule has 0 saturated carbocycles. The Morgan fingerprint density at radius 2 is 2.31 bits per heavy atom. The zero-order valence-electron chi connectivity index (χ0n) is 7.42. The Labute approximate surface area is 82.8 Å². The van der Waals surface area contributed by atoms with Gasteiger partial charge in [0.1, 0.15) is 5.75 Å². The van der Waals surface area contributed by atoms with Crippen molar-refractivity contribution in [2.24, 2.45) is 0 Å². The van der Waals surface area contributed by atoms with E-state index in [4.69, 9.17) is 11.6 Å². The van der Waals surface area contributed by atoms with E-state index in [1.807, 2.05) is 19.2 Å². The zero-order chi connectivity index (χ0) is 9.68. The van der Waals surface area contributed by atoms with Gasteiger partial charge in [-0.2, -0.15) is 0 Å². The van der Waals surface area contributed by atoms with Crippen LogP contribution in [-0.4, -0.2) is 18.7 Å². The number of aromatic hydroxyl groups is 1. The molecule has 0 aliphatic carbocycles. The van der Waals surface area contributed by atoms with Gasteiger partial charge in [-0.05, 0) is 25.2 Å². The van der Waals surface area contributed by atoms with Crippen LogP contribution in [0.25, 0.3) is 6.08 Å². The molecule has 0 aliphatic heterocycles. The summed E-state index contributed by atoms with van der Waals surface area (Å²) in [5.74, 6) is 0.247. The van der Waals surface area contributed by atoms with Gasteiger partial charge in [-0.25, -0.2) is 0 Å². The summed E-state index contributed by atoms with van der Waals surface area (Å²) in [7, 11) is 1.86. The number of phenolic OH excluding ortho intramolecular Hbond substituents is 1. The van der Waals surface area contributed by atoms with Gasteiger partial charge in [0.05, 0.1) is 0 Å². The minimum atomic E-state index is 0.247. The second kappa shape index (κ2) is 4.90. The largest absolute Gasteiger partial charge is 0.507 e. The average Bonchev–Trinajstić information content (AvgIpc) is 2.11. The lowest BCUT2D eigenvalue weighted by atomic mass is 10.2. The van der Waals surface area contributed by atoms with Gasteiger partial charge in [0.25, 0.3) is 0 Å². The minimum absolute atomic E-state index is 0.247. The van der Waals surface area contributed by atoms with Gasteiger partial charge in [0.15, 0.2) is 0 Å². The third-order valence-corrected chi connectivity index (χ3v) is 1.84. The minimum Gasteiger partial charge on any atom is -0.507 e. The van der Waals surface area contributed by atoms with Gasteiger partial charge in [0, 0.05) is 17.1 Å². The predicted molar refractivity (Wildman–Crippen MR) is 56.1 cm³/mol. The Bertz CT molecular complexity index is 310. The summed E-state index contributed by atoms with van der Waals surface area (Å²) < 4.78 is 0. The Morgan fingerprint density at radius 1 is 1.54 bits per heavy atom. The van der Waals surface area contributed by atoms with E-state index in [0.29, 0.717) is 5.02 Å². The van der Waals surface area contributed by atoms with Gasteiger partial charge in [0.2, 0.25) is 0 Å². The fourth-order valence-corrected chi connectivity index (χ4v) is 1.14. The molecule has 1 aromatic carbocycles. The van der Waals surface area contributed by atoms with Crippen molar-refractivity contribution in [1.82, 2.24) is 5.32 Å². The predicted octanol–water partition coefficient (Wildman–Crippen LogP) is 2.28. The average molecular weight is 198 g/mol. The highest BCUT2D eigenvalue weighted by atomic mass is 35.5. The summed E-state index contributed by atoms with van der Waals surface area (Å²) in [5, 5.41) is 13.0. The molecule has 0 atom stereocenters. The van der Waals surface area contributed by atoms with Crippen LogP contribution in [0.3, 0.4) is 0 Å². The van der Waals surface area contributed by atoms with E-state index >= 15 is 0 Å². The van der Waals surface area contributed by atoms with Crippen molar-refractivity contribution in [3.05, 3.63) is 34.9 Å². The second-order valence-electron chi connectivity index (χ2n) is 2.66. The summed E-state index contributed by atoms with van der Waals surface area (Å²) in [5.41, 5.74) is 0.739. The maximum atomic E-state index is 9.40. The van der Waals surface area contributed by atoms with Crippen LogP contribution in [-0.2, 0) is 0 Å². The first-order valence-electron chi connectivity index (χ1n) is 4.03. The number of likely N-dealkylation sites (N-methyl/N-ethyl adjacent to an activating group) is 1. The molecule has 2 nitrogen and oxygen atoms in total. The molecule has 0 spiro atoms. The molecular formula is C10H12ClNO. The molecule has 1 rings (SSSR count). The molecule has 0 saturated heterocycles. The van der Waals surface area contributed by atoms with E-state index in [9.17, 15) is 5.11 Å². The highest BCUT2D eigenvalue weighted by Crippen LogP contribution is 2.22. The number of hydrogen-bond acceptors (Lipinski definition) is 2. The smallest absolute Gasteiger partial charge is 0.122 e. The van der Waals surface area contributed by atoms with Crippen LogP contribution in [0.15, 0.2) is 24.3 Å². The molecule has 3 heteroatoms. The Balaban J connectivity index is 2.81. The summed E-state index contributed by atoms with van der Waals surface area (Å²) in [6.07, 6.45) is 3.75. The van der Waals surface area contributed by atoms with Gasteiger partial charge >= 0.3 is 0 Å². The summed E-state index contributed by atoms with van der Waals surface area (Å²) in [6.45, 7) is 0.770. The quantitative estimate of drug-likeness (QED) is 0.779. The number of halogens is 1. The summed E-state index contributed by atoms with van der Waals surface area (Å²) >= 11 is 5.77. The highest BCUT2D eigenvalue weighted by Gasteiger charge is 1.96. The molecule has 1 aromatic rings. The van der Waals surface area contributed by atoms with Crippen LogP contribution in [0.1, 0.15) is 5.56 Å². The Morgan fingerprint density at radius 3 is 3.00 bits per heavy atom. The van der Waals surface area contributed by atoms with Crippen molar-refractivity contribution in [2.45, 2.75) is 0 Å². The normalized spacial score (nSPS) is 10.9. The van der Waals surface area contributed by atoms with E-state index in [2.05, 4.69) is 5.32 Å². The highest BCUT2D eigenvalue weighted by molar-refractivity contribution is 6.30. The van der Waals surface area contributed by atoms with Gasteiger partial charge < -0.3 is 10.4 Å². The van der Waals surface area contributed by atoms with E-state index in [-0.39, 0.29) is 5.75 Å². The standard InChI is InChI=1S/C10H12ClNO/c1-12-6-2-3-8-7-9(11)4-5-10(8)13/h2-5,7,12-13H,6H2,1H3. The Hall–Kier alpha value is -0.990. The van der Waals surface area contributed by atoms with Crippen LogP contribution in [0, 0.1) is 0 Å². The third kappa shape index (κ3) is 3.09. The van der Waals surface area contributed by atoms with Crippen molar-refractivity contribution in [3.8, 4) is 5.75 Å². The van der Waals surface area contributed by atoms with Crippen molar-refractivity contribution >= 4 is 17.7 Å². The second-order valence-corrected chi connectivity index (χ2v) is 3.10. The zero-order valence-corrected chi connectivity index (χ0v) is 8.17.